The molecule has 0 spiro atoms. The minimum Gasteiger partial charge on any atom is -0.192 e. The van der Waals surface area contributed by atoms with Crippen molar-refractivity contribution in [3.8, 4) is 24.3 Å². The number of nitriles is 4. The molecular weight excluding hydrogens is 320 g/mol. The SMILES string of the molecule is N#CC(C#N)=c1c2c(c(=C(C#N)C#N)c3ccccc13)C1CCC2CC1. The predicted octanol–water partition coefficient (Wildman–Crippen LogP) is 2.99. The Kier molecular flexibility index (Phi) is 3.69. The smallest absolute Gasteiger partial charge is 0.137 e. The molecule has 4 heteroatoms. The molecule has 2 bridgehead atoms. The van der Waals surface area contributed by atoms with E-state index in [1.54, 1.807) is 0 Å². The predicted molar refractivity (Wildman–Crippen MR) is 96.4 cm³/mol. The first-order valence-electron chi connectivity index (χ1n) is 8.68. The molecule has 3 aliphatic carbocycles. The Labute approximate surface area is 151 Å². The van der Waals surface area contributed by atoms with E-state index in [9.17, 15) is 21.0 Å². The van der Waals surface area contributed by atoms with Crippen LogP contribution >= 0.6 is 0 Å². The summed E-state index contributed by atoms with van der Waals surface area (Å²) >= 11 is 0. The summed E-state index contributed by atoms with van der Waals surface area (Å²) in [6, 6.07) is 15.8. The normalized spacial score (nSPS) is 19.5. The van der Waals surface area contributed by atoms with Crippen molar-refractivity contribution in [1.82, 2.24) is 0 Å². The van der Waals surface area contributed by atoms with E-state index < -0.39 is 0 Å². The maximum absolute atomic E-state index is 9.56. The van der Waals surface area contributed by atoms with Crippen molar-refractivity contribution in [2.45, 2.75) is 37.5 Å². The molecule has 26 heavy (non-hydrogen) atoms. The van der Waals surface area contributed by atoms with Crippen molar-refractivity contribution in [1.29, 1.82) is 21.0 Å². The van der Waals surface area contributed by atoms with Crippen LogP contribution in [0.3, 0.4) is 0 Å². The Bertz CT molecular complexity index is 1100. The lowest BCUT2D eigenvalue weighted by molar-refractivity contribution is 0.356. The van der Waals surface area contributed by atoms with Crippen LogP contribution in [-0.2, 0) is 0 Å². The van der Waals surface area contributed by atoms with Gasteiger partial charge >= 0.3 is 0 Å². The summed E-state index contributed by atoms with van der Waals surface area (Å²) < 4.78 is 0. The lowest BCUT2D eigenvalue weighted by Gasteiger charge is -2.39. The lowest BCUT2D eigenvalue weighted by Crippen LogP contribution is -2.36. The molecular formula is C22H14N4. The van der Waals surface area contributed by atoms with Gasteiger partial charge in [-0.05, 0) is 59.4 Å². The average molecular weight is 334 g/mol. The summed E-state index contributed by atoms with van der Waals surface area (Å²) in [7, 11) is 0. The molecule has 0 saturated heterocycles. The van der Waals surface area contributed by atoms with Crippen LogP contribution in [0.2, 0.25) is 0 Å². The quantitative estimate of drug-likeness (QED) is 0.740. The third kappa shape index (κ3) is 2.04. The lowest BCUT2D eigenvalue weighted by atomic mass is 9.64. The highest BCUT2D eigenvalue weighted by Crippen LogP contribution is 2.47. The van der Waals surface area contributed by atoms with Crippen molar-refractivity contribution in [2.24, 2.45) is 0 Å². The van der Waals surface area contributed by atoms with Gasteiger partial charge in [-0.25, -0.2) is 0 Å². The maximum Gasteiger partial charge on any atom is 0.137 e. The number of hydrogen-bond acceptors (Lipinski definition) is 4. The van der Waals surface area contributed by atoms with Crippen LogP contribution in [0.5, 0.6) is 0 Å². The largest absolute Gasteiger partial charge is 0.192 e. The Morgan fingerprint density at radius 2 is 1.00 bits per heavy atom. The fourth-order valence-corrected chi connectivity index (χ4v) is 4.81. The van der Waals surface area contributed by atoms with Gasteiger partial charge in [0.2, 0.25) is 0 Å². The van der Waals surface area contributed by atoms with Crippen molar-refractivity contribution in [3.63, 3.8) is 0 Å². The summed E-state index contributed by atoms with van der Waals surface area (Å²) in [5, 5.41) is 41.3. The van der Waals surface area contributed by atoms with Crippen LogP contribution in [-0.4, -0.2) is 0 Å². The Morgan fingerprint density at radius 3 is 1.31 bits per heavy atom. The molecule has 3 aliphatic rings. The molecule has 5 rings (SSSR count). The summed E-state index contributed by atoms with van der Waals surface area (Å²) in [6.45, 7) is 0. The van der Waals surface area contributed by atoms with Crippen LogP contribution in [0.1, 0.15) is 48.6 Å². The Morgan fingerprint density at radius 1 is 0.654 bits per heavy atom. The molecule has 0 N–H and O–H groups in total. The molecule has 2 aromatic rings. The van der Waals surface area contributed by atoms with Gasteiger partial charge in [0.05, 0.1) is 0 Å². The summed E-state index contributed by atoms with van der Waals surface area (Å²) in [6.07, 6.45) is 4.12. The van der Waals surface area contributed by atoms with E-state index in [-0.39, 0.29) is 23.0 Å². The highest BCUT2D eigenvalue weighted by Gasteiger charge is 2.36. The van der Waals surface area contributed by atoms with E-state index in [0.29, 0.717) is 10.4 Å². The molecule has 0 unspecified atom stereocenters. The zero-order valence-electron chi connectivity index (χ0n) is 14.1. The Hall–Kier alpha value is -3.60. The van der Waals surface area contributed by atoms with Crippen LogP contribution in [0.4, 0.5) is 0 Å². The number of rotatable bonds is 0. The molecule has 0 atom stereocenters. The average Bonchev–Trinajstić information content (AvgIpc) is 2.71. The van der Waals surface area contributed by atoms with Gasteiger partial charge in [-0.2, -0.15) is 21.0 Å². The molecule has 1 fully saturated rings. The first-order chi connectivity index (χ1) is 12.7. The first kappa shape index (κ1) is 15.9. The molecule has 0 radical (unpaired) electrons. The second kappa shape index (κ2) is 6.04. The maximum atomic E-state index is 9.56. The minimum absolute atomic E-state index is 0.118. The number of benzene rings is 2. The van der Waals surface area contributed by atoms with E-state index in [2.05, 4.69) is 24.3 Å². The number of nitrogens with zero attached hydrogens (tertiary/aromatic N) is 4. The van der Waals surface area contributed by atoms with E-state index in [0.717, 1.165) is 47.6 Å². The highest BCUT2D eigenvalue weighted by molar-refractivity contribution is 5.94. The zero-order chi connectivity index (χ0) is 18.3. The van der Waals surface area contributed by atoms with Crippen molar-refractivity contribution < 1.29 is 0 Å². The molecule has 0 aromatic heterocycles. The molecule has 2 aromatic carbocycles. The second-order valence-corrected chi connectivity index (χ2v) is 6.87. The van der Waals surface area contributed by atoms with Crippen LogP contribution in [0.25, 0.3) is 21.9 Å². The standard InChI is InChI=1S/C22H14N4/c23-9-15(10-24)19-17-3-1-2-4-18(17)20(16(11-25)12-26)22-14-7-5-13(6-8-14)21(19)22/h1-4,13-14H,5-8H2. The molecule has 0 heterocycles. The van der Waals surface area contributed by atoms with Gasteiger partial charge < -0.3 is 0 Å². The molecule has 0 amide bonds. The van der Waals surface area contributed by atoms with Gasteiger partial charge in [0.25, 0.3) is 0 Å². The summed E-state index contributed by atoms with van der Waals surface area (Å²) in [5.41, 5.74) is 2.30. The fraction of sp³-hybridized carbons (Fsp3) is 0.273. The fourth-order valence-electron chi connectivity index (χ4n) is 4.81. The second-order valence-electron chi connectivity index (χ2n) is 6.87. The molecule has 122 valence electrons. The number of fused-ring (bicyclic) bond motifs is 3. The van der Waals surface area contributed by atoms with Gasteiger partial charge in [0, 0.05) is 10.4 Å². The van der Waals surface area contributed by atoms with E-state index in [1.165, 1.54) is 0 Å². The summed E-state index contributed by atoms with van der Waals surface area (Å²) in [4.78, 5) is 0. The zero-order valence-corrected chi connectivity index (χ0v) is 14.1. The molecule has 0 aliphatic heterocycles. The van der Waals surface area contributed by atoms with E-state index in [1.807, 2.05) is 24.3 Å². The Balaban J connectivity index is 2.45. The minimum atomic E-state index is 0.118. The van der Waals surface area contributed by atoms with Gasteiger partial charge in [-0.1, -0.05) is 24.3 Å². The first-order valence-corrected chi connectivity index (χ1v) is 8.68. The van der Waals surface area contributed by atoms with E-state index in [4.69, 9.17) is 0 Å². The van der Waals surface area contributed by atoms with Crippen LogP contribution in [0.15, 0.2) is 24.3 Å². The van der Waals surface area contributed by atoms with Gasteiger partial charge in [0.1, 0.15) is 35.4 Å². The van der Waals surface area contributed by atoms with Gasteiger partial charge in [0.15, 0.2) is 0 Å². The van der Waals surface area contributed by atoms with Gasteiger partial charge in [-0.3, -0.25) is 0 Å². The topological polar surface area (TPSA) is 95.2 Å². The monoisotopic (exact) mass is 334 g/mol. The number of hydrogen-bond donors (Lipinski definition) is 0. The van der Waals surface area contributed by atoms with Crippen LogP contribution in [0, 0.1) is 45.3 Å². The molecule has 4 nitrogen and oxygen atoms in total. The summed E-state index contributed by atoms with van der Waals surface area (Å²) in [5.74, 6) is 0.562. The molecule has 1 saturated carbocycles. The highest BCUT2D eigenvalue weighted by atomic mass is 14.4. The van der Waals surface area contributed by atoms with E-state index >= 15 is 0 Å². The van der Waals surface area contributed by atoms with Crippen molar-refractivity contribution >= 4 is 21.9 Å². The van der Waals surface area contributed by atoms with Crippen molar-refractivity contribution in [3.05, 3.63) is 45.8 Å². The van der Waals surface area contributed by atoms with Crippen molar-refractivity contribution in [2.75, 3.05) is 0 Å². The van der Waals surface area contributed by atoms with Crippen LogP contribution < -0.4 is 10.4 Å². The van der Waals surface area contributed by atoms with Gasteiger partial charge in [-0.15, -0.1) is 0 Å². The third-order valence-electron chi connectivity index (χ3n) is 5.79. The third-order valence-corrected chi connectivity index (χ3v) is 5.79.